The largest absolute Gasteiger partial charge is 0.383 e. The molecule has 0 bridgehead atoms. The number of aryl methyl sites for hydroxylation is 1. The second kappa shape index (κ2) is 8.70. The maximum atomic E-state index is 12.1. The van der Waals surface area contributed by atoms with Crippen molar-refractivity contribution in [2.24, 2.45) is 5.92 Å². The van der Waals surface area contributed by atoms with E-state index in [9.17, 15) is 9.59 Å². The number of nitrogens with one attached hydrogen (secondary N) is 1. The number of ether oxygens (including phenoxy) is 1. The molecule has 1 saturated heterocycles. The minimum Gasteiger partial charge on any atom is -0.383 e. The predicted octanol–water partition coefficient (Wildman–Crippen LogP) is 0.323. The van der Waals surface area contributed by atoms with Crippen LogP contribution >= 0.6 is 0 Å². The third-order valence-corrected chi connectivity index (χ3v) is 4.03. The summed E-state index contributed by atoms with van der Waals surface area (Å²) in [5.74, 6) is 0.205. The summed E-state index contributed by atoms with van der Waals surface area (Å²) in [4.78, 5) is 25.9. The number of nitrogens with zero attached hydrogens (tertiary/aromatic N) is 2. The highest BCUT2D eigenvalue weighted by Gasteiger charge is 2.27. The van der Waals surface area contributed by atoms with Crippen LogP contribution in [-0.4, -0.2) is 55.3 Å². The number of carbonyl (C=O) groups excluding carboxylic acids is 1. The van der Waals surface area contributed by atoms with Crippen LogP contribution in [0.25, 0.3) is 0 Å². The Hall–Kier alpha value is -1.66. The van der Waals surface area contributed by atoms with Gasteiger partial charge in [0.25, 0.3) is 0 Å². The molecular formula is C16H25N3O3. The zero-order chi connectivity index (χ0) is 15.8. The van der Waals surface area contributed by atoms with Crippen LogP contribution in [-0.2, 0) is 16.1 Å². The third-order valence-electron chi connectivity index (χ3n) is 4.03. The van der Waals surface area contributed by atoms with Crippen molar-refractivity contribution in [1.82, 2.24) is 14.8 Å². The molecule has 6 nitrogen and oxygen atoms in total. The first-order valence-electron chi connectivity index (χ1n) is 7.85. The minimum atomic E-state index is -0.00148. The van der Waals surface area contributed by atoms with Crippen LogP contribution in [0.1, 0.15) is 12.8 Å². The number of hydrogen-bond acceptors (Lipinski definition) is 4. The number of pyridine rings is 1. The molecule has 1 aromatic rings. The summed E-state index contributed by atoms with van der Waals surface area (Å²) in [6.45, 7) is 4.60. The summed E-state index contributed by atoms with van der Waals surface area (Å²) in [5, 5.41) is 2.98. The maximum Gasteiger partial charge on any atom is 0.250 e. The van der Waals surface area contributed by atoms with Crippen LogP contribution in [0.4, 0.5) is 0 Å². The van der Waals surface area contributed by atoms with E-state index in [1.807, 2.05) is 6.07 Å². The Kier molecular flexibility index (Phi) is 6.61. The summed E-state index contributed by atoms with van der Waals surface area (Å²) in [6.07, 6.45) is 3.44. The molecule has 1 aromatic heterocycles. The van der Waals surface area contributed by atoms with E-state index >= 15 is 0 Å². The van der Waals surface area contributed by atoms with Gasteiger partial charge < -0.3 is 19.5 Å². The van der Waals surface area contributed by atoms with E-state index in [-0.39, 0.29) is 17.4 Å². The first-order valence-corrected chi connectivity index (χ1v) is 7.85. The molecular weight excluding hydrogens is 282 g/mol. The number of hydrogen-bond donors (Lipinski definition) is 1. The molecule has 2 heterocycles. The average Bonchev–Trinajstić information content (AvgIpc) is 3.00. The molecule has 0 spiro atoms. The number of rotatable bonds is 8. The van der Waals surface area contributed by atoms with Crippen molar-refractivity contribution in [2.45, 2.75) is 19.4 Å². The molecule has 6 heteroatoms. The van der Waals surface area contributed by atoms with Gasteiger partial charge in [-0.1, -0.05) is 6.07 Å². The quantitative estimate of drug-likeness (QED) is 0.703. The summed E-state index contributed by atoms with van der Waals surface area (Å²) < 4.78 is 6.72. The van der Waals surface area contributed by atoms with Gasteiger partial charge >= 0.3 is 0 Å². The Morgan fingerprint density at radius 3 is 3.05 bits per heavy atom. The summed E-state index contributed by atoms with van der Waals surface area (Å²) >= 11 is 0. The van der Waals surface area contributed by atoms with Crippen molar-refractivity contribution >= 4 is 5.91 Å². The number of likely N-dealkylation sites (tertiary alicyclic amines) is 1. The lowest BCUT2D eigenvalue weighted by molar-refractivity contribution is -0.124. The second-order valence-electron chi connectivity index (χ2n) is 5.66. The van der Waals surface area contributed by atoms with E-state index in [0.717, 1.165) is 32.5 Å². The van der Waals surface area contributed by atoms with Crippen LogP contribution in [0, 0.1) is 5.92 Å². The van der Waals surface area contributed by atoms with Crippen molar-refractivity contribution in [3.63, 3.8) is 0 Å². The highest BCUT2D eigenvalue weighted by Crippen LogP contribution is 2.15. The molecule has 1 N–H and O–H groups in total. The standard InChI is InChI=1S/C16H25N3O3/c1-22-12-11-18-10-6-14(13-18)16(21)17-7-4-9-19-8-3-2-5-15(19)20/h2-3,5,8,14H,4,6-7,9-13H2,1H3,(H,17,21). The zero-order valence-corrected chi connectivity index (χ0v) is 13.2. The van der Waals surface area contributed by atoms with Gasteiger partial charge in [-0.3, -0.25) is 9.59 Å². The Labute approximate surface area is 131 Å². The Balaban J connectivity index is 1.64. The van der Waals surface area contributed by atoms with E-state index in [4.69, 9.17) is 4.74 Å². The highest BCUT2D eigenvalue weighted by molar-refractivity contribution is 5.79. The first kappa shape index (κ1) is 16.7. The van der Waals surface area contributed by atoms with Crippen LogP contribution in [0.15, 0.2) is 29.2 Å². The molecule has 1 aliphatic rings. The lowest BCUT2D eigenvalue weighted by Crippen LogP contribution is -2.34. The van der Waals surface area contributed by atoms with Gasteiger partial charge in [-0.15, -0.1) is 0 Å². The van der Waals surface area contributed by atoms with Gasteiger partial charge in [0.2, 0.25) is 11.5 Å². The number of carbonyl (C=O) groups is 1. The van der Waals surface area contributed by atoms with Gasteiger partial charge in [-0.25, -0.2) is 0 Å². The Bertz CT molecular complexity index is 529. The highest BCUT2D eigenvalue weighted by atomic mass is 16.5. The molecule has 1 unspecified atom stereocenters. The van der Waals surface area contributed by atoms with E-state index in [0.29, 0.717) is 19.7 Å². The van der Waals surface area contributed by atoms with Crippen molar-refractivity contribution in [3.05, 3.63) is 34.7 Å². The molecule has 1 atom stereocenters. The lowest BCUT2D eigenvalue weighted by Gasteiger charge is -2.15. The number of amides is 1. The number of aromatic nitrogens is 1. The minimum absolute atomic E-state index is 0.00148. The fraction of sp³-hybridized carbons (Fsp3) is 0.625. The molecule has 2 rings (SSSR count). The van der Waals surface area contributed by atoms with Gasteiger partial charge in [-0.05, 0) is 25.5 Å². The van der Waals surface area contributed by atoms with Gasteiger partial charge in [0.15, 0.2) is 0 Å². The summed E-state index contributed by atoms with van der Waals surface area (Å²) in [7, 11) is 1.69. The zero-order valence-electron chi connectivity index (χ0n) is 13.2. The first-order chi connectivity index (χ1) is 10.7. The average molecular weight is 307 g/mol. The summed E-state index contributed by atoms with van der Waals surface area (Å²) in [6, 6.07) is 5.12. The van der Waals surface area contributed by atoms with Crippen molar-refractivity contribution in [3.8, 4) is 0 Å². The van der Waals surface area contributed by atoms with Gasteiger partial charge in [0.1, 0.15) is 0 Å². The molecule has 22 heavy (non-hydrogen) atoms. The fourth-order valence-electron chi connectivity index (χ4n) is 2.72. The molecule has 1 aliphatic heterocycles. The van der Waals surface area contributed by atoms with Crippen molar-refractivity contribution in [2.75, 3.05) is 39.9 Å². The van der Waals surface area contributed by atoms with Crippen molar-refractivity contribution < 1.29 is 9.53 Å². The van der Waals surface area contributed by atoms with E-state index < -0.39 is 0 Å². The normalized spacial score (nSPS) is 18.5. The van der Waals surface area contributed by atoms with E-state index in [2.05, 4.69) is 10.2 Å². The van der Waals surface area contributed by atoms with Gasteiger partial charge in [0.05, 0.1) is 12.5 Å². The third kappa shape index (κ3) is 4.96. The van der Waals surface area contributed by atoms with Crippen LogP contribution in [0.3, 0.4) is 0 Å². The Morgan fingerprint density at radius 2 is 2.27 bits per heavy atom. The topological polar surface area (TPSA) is 63.6 Å². The smallest absolute Gasteiger partial charge is 0.250 e. The lowest BCUT2D eigenvalue weighted by atomic mass is 10.1. The molecule has 0 saturated carbocycles. The van der Waals surface area contributed by atoms with Crippen LogP contribution < -0.4 is 10.9 Å². The van der Waals surface area contributed by atoms with Crippen molar-refractivity contribution in [1.29, 1.82) is 0 Å². The van der Waals surface area contributed by atoms with Crippen LogP contribution in [0.5, 0.6) is 0 Å². The SMILES string of the molecule is COCCN1CCC(C(=O)NCCCn2ccccc2=O)C1. The van der Waals surface area contributed by atoms with E-state index in [1.54, 1.807) is 30.0 Å². The second-order valence-corrected chi connectivity index (χ2v) is 5.66. The molecule has 0 aromatic carbocycles. The number of methoxy groups -OCH3 is 1. The monoisotopic (exact) mass is 307 g/mol. The van der Waals surface area contributed by atoms with E-state index in [1.165, 1.54) is 0 Å². The fourth-order valence-corrected chi connectivity index (χ4v) is 2.72. The molecule has 0 radical (unpaired) electrons. The summed E-state index contributed by atoms with van der Waals surface area (Å²) in [5.41, 5.74) is -0.00148. The molecule has 1 fully saturated rings. The van der Waals surface area contributed by atoms with Gasteiger partial charge in [-0.2, -0.15) is 0 Å². The molecule has 1 amide bonds. The van der Waals surface area contributed by atoms with Crippen LogP contribution in [0.2, 0.25) is 0 Å². The maximum absolute atomic E-state index is 12.1. The molecule has 0 aliphatic carbocycles. The predicted molar refractivity (Wildman–Crippen MR) is 84.8 cm³/mol. The molecule has 122 valence electrons. The Morgan fingerprint density at radius 1 is 1.41 bits per heavy atom. The van der Waals surface area contributed by atoms with Gasteiger partial charge in [0, 0.05) is 45.6 Å².